The molecule has 0 atom stereocenters. The Labute approximate surface area is 122 Å². The van der Waals surface area contributed by atoms with Gasteiger partial charge in [0, 0.05) is 29.2 Å². The predicted molar refractivity (Wildman–Crippen MR) is 80.1 cm³/mol. The molecular weight excluding hydrogens is 262 g/mol. The second kappa shape index (κ2) is 5.47. The lowest BCUT2D eigenvalue weighted by Gasteiger charge is -2.03. The van der Waals surface area contributed by atoms with E-state index in [9.17, 15) is 0 Å². The summed E-state index contributed by atoms with van der Waals surface area (Å²) in [5.41, 5.74) is 10.0. The molecule has 5 heteroatoms. The van der Waals surface area contributed by atoms with Crippen molar-refractivity contribution >= 4 is 5.69 Å². The zero-order valence-electron chi connectivity index (χ0n) is 11.3. The molecule has 2 N–H and O–H groups in total. The van der Waals surface area contributed by atoms with Gasteiger partial charge in [0.25, 0.3) is 0 Å². The number of para-hydroxylation sites is 1. The first kappa shape index (κ1) is 12.9. The number of hydrogen-bond acceptors (Lipinski definition) is 4. The van der Waals surface area contributed by atoms with Crippen LogP contribution in [0.4, 0.5) is 5.69 Å². The molecule has 2 heterocycles. The van der Waals surface area contributed by atoms with E-state index in [0.29, 0.717) is 12.2 Å². The summed E-state index contributed by atoms with van der Waals surface area (Å²) in [6.45, 7) is 0.587. The van der Waals surface area contributed by atoms with Crippen molar-refractivity contribution in [3.63, 3.8) is 0 Å². The van der Waals surface area contributed by atoms with Gasteiger partial charge in [0.2, 0.25) is 0 Å². The summed E-state index contributed by atoms with van der Waals surface area (Å²) in [7, 11) is 0. The highest BCUT2D eigenvalue weighted by atomic mass is 15.3. The van der Waals surface area contributed by atoms with Crippen LogP contribution in [0.25, 0.3) is 11.1 Å². The molecule has 0 saturated carbocycles. The summed E-state index contributed by atoms with van der Waals surface area (Å²) in [6, 6.07) is 13.4. The highest BCUT2D eigenvalue weighted by Crippen LogP contribution is 2.24. The van der Waals surface area contributed by atoms with Gasteiger partial charge < -0.3 is 5.73 Å². The maximum absolute atomic E-state index is 8.86. The SMILES string of the molecule is N#Cc1cc(Cn2cc(-c3ccccc3N)cn2)ccn1. The molecule has 1 aromatic carbocycles. The van der Waals surface area contributed by atoms with Crippen LogP contribution in [0.3, 0.4) is 0 Å². The Bertz CT molecular complexity index is 813. The Morgan fingerprint density at radius 3 is 2.90 bits per heavy atom. The summed E-state index contributed by atoms with van der Waals surface area (Å²) in [5.74, 6) is 0. The van der Waals surface area contributed by atoms with Crippen molar-refractivity contribution in [2.75, 3.05) is 5.73 Å². The first-order valence-corrected chi connectivity index (χ1v) is 6.48. The third-order valence-electron chi connectivity index (χ3n) is 3.19. The number of nitrogens with two attached hydrogens (primary N) is 1. The maximum Gasteiger partial charge on any atom is 0.140 e. The lowest BCUT2D eigenvalue weighted by molar-refractivity contribution is 0.686. The van der Waals surface area contributed by atoms with Crippen LogP contribution < -0.4 is 5.73 Å². The Balaban J connectivity index is 1.86. The van der Waals surface area contributed by atoms with E-state index in [1.807, 2.05) is 47.3 Å². The number of nitrogen functional groups attached to an aromatic ring is 1. The van der Waals surface area contributed by atoms with E-state index in [1.54, 1.807) is 18.5 Å². The molecule has 0 fully saturated rings. The Hall–Kier alpha value is -3.13. The molecule has 3 rings (SSSR count). The first-order valence-electron chi connectivity index (χ1n) is 6.48. The molecule has 102 valence electrons. The molecule has 21 heavy (non-hydrogen) atoms. The van der Waals surface area contributed by atoms with E-state index < -0.39 is 0 Å². The smallest absolute Gasteiger partial charge is 0.140 e. The minimum atomic E-state index is 0.409. The number of hydrogen-bond donors (Lipinski definition) is 1. The molecule has 0 bridgehead atoms. The fourth-order valence-electron chi connectivity index (χ4n) is 2.17. The van der Waals surface area contributed by atoms with Crippen molar-refractivity contribution in [1.82, 2.24) is 14.8 Å². The summed E-state index contributed by atoms with van der Waals surface area (Å²) < 4.78 is 1.82. The molecule has 0 aliphatic carbocycles. The van der Waals surface area contributed by atoms with Crippen molar-refractivity contribution in [3.8, 4) is 17.2 Å². The number of nitrogens with zero attached hydrogens (tertiary/aromatic N) is 4. The Morgan fingerprint density at radius 2 is 2.10 bits per heavy atom. The minimum absolute atomic E-state index is 0.409. The largest absolute Gasteiger partial charge is 0.398 e. The quantitative estimate of drug-likeness (QED) is 0.744. The molecular formula is C16H13N5. The third kappa shape index (κ3) is 2.74. The maximum atomic E-state index is 8.86. The minimum Gasteiger partial charge on any atom is -0.398 e. The standard InChI is InChI=1S/C16H13N5/c17-8-14-7-12(5-6-19-14)10-21-11-13(9-20-21)15-3-1-2-4-16(15)18/h1-7,9,11H,10,18H2. The summed E-state index contributed by atoms with van der Waals surface area (Å²) in [4.78, 5) is 3.96. The average Bonchev–Trinajstić information content (AvgIpc) is 2.96. The molecule has 0 spiro atoms. The second-order valence-corrected chi connectivity index (χ2v) is 4.67. The molecule has 0 aliphatic heterocycles. The van der Waals surface area contributed by atoms with Crippen LogP contribution in [0, 0.1) is 11.3 Å². The van der Waals surface area contributed by atoms with Gasteiger partial charge in [-0.3, -0.25) is 4.68 Å². The summed E-state index contributed by atoms with van der Waals surface area (Å²) >= 11 is 0. The van der Waals surface area contributed by atoms with Crippen LogP contribution in [0.2, 0.25) is 0 Å². The molecule has 0 unspecified atom stereocenters. The van der Waals surface area contributed by atoms with Crippen molar-refractivity contribution in [1.29, 1.82) is 5.26 Å². The van der Waals surface area contributed by atoms with Crippen LogP contribution in [0.15, 0.2) is 55.0 Å². The molecule has 0 aliphatic rings. The first-order chi connectivity index (χ1) is 10.3. The number of benzene rings is 1. The van der Waals surface area contributed by atoms with Gasteiger partial charge >= 0.3 is 0 Å². The van der Waals surface area contributed by atoms with Gasteiger partial charge in [-0.2, -0.15) is 10.4 Å². The van der Waals surface area contributed by atoms with Gasteiger partial charge in [0.15, 0.2) is 0 Å². The lowest BCUT2D eigenvalue weighted by atomic mass is 10.1. The fourth-order valence-corrected chi connectivity index (χ4v) is 2.17. The van der Waals surface area contributed by atoms with E-state index in [0.717, 1.165) is 22.4 Å². The number of nitriles is 1. The van der Waals surface area contributed by atoms with Crippen molar-refractivity contribution in [2.45, 2.75) is 6.54 Å². The van der Waals surface area contributed by atoms with Gasteiger partial charge in [-0.1, -0.05) is 18.2 Å². The monoisotopic (exact) mass is 275 g/mol. The Kier molecular flexibility index (Phi) is 3.36. The van der Waals surface area contributed by atoms with E-state index in [1.165, 1.54) is 0 Å². The van der Waals surface area contributed by atoms with Gasteiger partial charge in [0.05, 0.1) is 12.7 Å². The molecule has 0 saturated heterocycles. The van der Waals surface area contributed by atoms with E-state index in [4.69, 9.17) is 11.0 Å². The normalized spacial score (nSPS) is 10.2. The summed E-state index contributed by atoms with van der Waals surface area (Å²) in [6.07, 6.45) is 5.36. The Morgan fingerprint density at radius 1 is 1.24 bits per heavy atom. The number of pyridine rings is 1. The van der Waals surface area contributed by atoms with E-state index in [-0.39, 0.29) is 0 Å². The van der Waals surface area contributed by atoms with Crippen LogP contribution >= 0.6 is 0 Å². The highest BCUT2D eigenvalue weighted by Gasteiger charge is 2.05. The van der Waals surface area contributed by atoms with Gasteiger partial charge in [-0.25, -0.2) is 4.98 Å². The molecule has 2 aromatic heterocycles. The summed E-state index contributed by atoms with van der Waals surface area (Å²) in [5, 5.41) is 13.2. The molecule has 5 nitrogen and oxygen atoms in total. The third-order valence-corrected chi connectivity index (χ3v) is 3.19. The van der Waals surface area contributed by atoms with Crippen LogP contribution in [-0.4, -0.2) is 14.8 Å². The van der Waals surface area contributed by atoms with Gasteiger partial charge in [-0.15, -0.1) is 0 Å². The fraction of sp³-hybridized carbons (Fsp3) is 0.0625. The number of anilines is 1. The molecule has 0 amide bonds. The van der Waals surface area contributed by atoms with E-state index in [2.05, 4.69) is 10.1 Å². The second-order valence-electron chi connectivity index (χ2n) is 4.67. The van der Waals surface area contributed by atoms with Crippen LogP contribution in [0.5, 0.6) is 0 Å². The molecule has 3 aromatic rings. The van der Waals surface area contributed by atoms with E-state index >= 15 is 0 Å². The zero-order valence-corrected chi connectivity index (χ0v) is 11.3. The lowest BCUT2D eigenvalue weighted by Crippen LogP contribution is -2.00. The predicted octanol–water partition coefficient (Wildman–Crippen LogP) is 2.45. The van der Waals surface area contributed by atoms with Crippen molar-refractivity contribution < 1.29 is 0 Å². The van der Waals surface area contributed by atoms with Gasteiger partial charge in [-0.05, 0) is 23.8 Å². The highest BCUT2D eigenvalue weighted by molar-refractivity contribution is 5.75. The van der Waals surface area contributed by atoms with Crippen molar-refractivity contribution in [3.05, 3.63) is 66.2 Å². The van der Waals surface area contributed by atoms with Crippen LogP contribution in [-0.2, 0) is 6.54 Å². The number of aromatic nitrogens is 3. The zero-order chi connectivity index (χ0) is 14.7. The average molecular weight is 275 g/mol. The van der Waals surface area contributed by atoms with Gasteiger partial charge in [0.1, 0.15) is 11.8 Å². The number of rotatable bonds is 3. The molecule has 0 radical (unpaired) electrons. The van der Waals surface area contributed by atoms with Crippen LogP contribution in [0.1, 0.15) is 11.3 Å². The van der Waals surface area contributed by atoms with Crippen molar-refractivity contribution in [2.24, 2.45) is 0 Å². The topological polar surface area (TPSA) is 80.5 Å².